The van der Waals surface area contributed by atoms with Gasteiger partial charge in [0.2, 0.25) is 11.9 Å². The molecule has 0 aliphatic rings. The molecule has 0 saturated heterocycles. The number of H-pyrrole nitrogens is 1. The van der Waals surface area contributed by atoms with Crippen LogP contribution in [-0.2, 0) is 7.05 Å². The molecule has 1 amide bonds. The summed E-state index contributed by atoms with van der Waals surface area (Å²) in [5.41, 5.74) is 1.78. The minimum absolute atomic E-state index is 0.0812. The number of benzene rings is 2. The van der Waals surface area contributed by atoms with Gasteiger partial charge >= 0.3 is 6.18 Å². The third kappa shape index (κ3) is 4.47. The molecule has 12 heteroatoms. The lowest BCUT2D eigenvalue weighted by molar-refractivity contribution is -0.123. The van der Waals surface area contributed by atoms with Crippen molar-refractivity contribution in [1.29, 1.82) is 0 Å². The highest BCUT2D eigenvalue weighted by atomic mass is 19.4. The molecule has 0 aliphatic carbocycles. The van der Waals surface area contributed by atoms with Crippen LogP contribution in [0.25, 0.3) is 22.3 Å². The highest BCUT2D eigenvalue weighted by Gasteiger charge is 2.27. The van der Waals surface area contributed by atoms with Gasteiger partial charge in [-0.3, -0.25) is 9.89 Å². The molecule has 0 aliphatic heterocycles. The van der Waals surface area contributed by atoms with E-state index < -0.39 is 24.6 Å². The molecule has 4 rings (SSSR count). The molecule has 2 aromatic heterocycles. The van der Waals surface area contributed by atoms with E-state index in [1.165, 1.54) is 28.9 Å². The molecule has 4 aromatic rings. The number of aryl methyl sites for hydroxylation is 1. The highest BCUT2D eigenvalue weighted by molar-refractivity contribution is 5.94. The number of nitrogens with zero attached hydrogens (tertiary/aromatic N) is 4. The third-order valence-electron chi connectivity index (χ3n) is 4.39. The van der Waals surface area contributed by atoms with Crippen LogP contribution in [0, 0.1) is 5.95 Å². The number of alkyl halides is 3. The second kappa shape index (κ2) is 7.70. The summed E-state index contributed by atoms with van der Waals surface area (Å²) in [6.45, 7) is -1.40. The Morgan fingerprint density at radius 3 is 2.61 bits per heavy atom. The fourth-order valence-electron chi connectivity index (χ4n) is 2.86. The van der Waals surface area contributed by atoms with Crippen LogP contribution >= 0.6 is 0 Å². The Hall–Kier alpha value is -3.96. The van der Waals surface area contributed by atoms with Gasteiger partial charge < -0.3 is 10.6 Å². The van der Waals surface area contributed by atoms with Crippen LogP contribution in [0.5, 0.6) is 0 Å². The van der Waals surface area contributed by atoms with Crippen molar-refractivity contribution in [2.24, 2.45) is 7.05 Å². The van der Waals surface area contributed by atoms with Gasteiger partial charge in [0.25, 0.3) is 5.91 Å². The number of hydrogen-bond acceptors (Lipinski definition) is 5. The van der Waals surface area contributed by atoms with Gasteiger partial charge in [-0.05, 0) is 30.3 Å². The maximum Gasteiger partial charge on any atom is 0.405 e. The summed E-state index contributed by atoms with van der Waals surface area (Å²) in [5.74, 6) is -0.730. The smallest absolute Gasteiger partial charge is 0.343 e. The van der Waals surface area contributed by atoms with E-state index in [0.717, 1.165) is 0 Å². The first-order chi connectivity index (χ1) is 14.7. The summed E-state index contributed by atoms with van der Waals surface area (Å²) in [7, 11) is 1.66. The topological polar surface area (TPSA) is 101 Å². The van der Waals surface area contributed by atoms with E-state index in [9.17, 15) is 22.4 Å². The zero-order chi connectivity index (χ0) is 22.2. The van der Waals surface area contributed by atoms with Gasteiger partial charge in [0, 0.05) is 23.9 Å². The zero-order valence-electron chi connectivity index (χ0n) is 16.0. The van der Waals surface area contributed by atoms with Crippen molar-refractivity contribution < 1.29 is 22.4 Å². The monoisotopic (exact) mass is 433 g/mol. The minimum atomic E-state index is -4.48. The number of hydrogen-bond donors (Lipinski definition) is 3. The first-order valence-electron chi connectivity index (χ1n) is 8.97. The summed E-state index contributed by atoms with van der Waals surface area (Å²) < 4.78 is 51.9. The van der Waals surface area contributed by atoms with Gasteiger partial charge in [0.05, 0.1) is 10.9 Å². The molecule has 0 saturated carbocycles. The van der Waals surface area contributed by atoms with Crippen LogP contribution in [0.2, 0.25) is 0 Å². The Morgan fingerprint density at radius 2 is 1.90 bits per heavy atom. The standard InChI is InChI=1S/C19H15F4N7O/c1-30-18(25-12-6-7-14-13(8-12)15(20)28-27-14)26-16(29-30)10-2-4-11(5-3-10)17(31)24-9-19(21,22)23/h2-8H,9H2,1H3,(H,24,31)(H,27,28)(H,25,26,29). The minimum Gasteiger partial charge on any atom is -0.343 e. The van der Waals surface area contributed by atoms with Crippen LogP contribution in [0.3, 0.4) is 0 Å². The zero-order valence-corrected chi connectivity index (χ0v) is 16.0. The van der Waals surface area contributed by atoms with Gasteiger partial charge in [-0.15, -0.1) is 10.2 Å². The number of aromatic amines is 1. The highest BCUT2D eigenvalue weighted by Crippen LogP contribution is 2.24. The van der Waals surface area contributed by atoms with Crippen molar-refractivity contribution in [3.05, 3.63) is 54.0 Å². The van der Waals surface area contributed by atoms with E-state index in [-0.39, 0.29) is 5.56 Å². The largest absolute Gasteiger partial charge is 0.405 e. The van der Waals surface area contributed by atoms with Gasteiger partial charge in [-0.25, -0.2) is 4.68 Å². The third-order valence-corrected chi connectivity index (χ3v) is 4.39. The van der Waals surface area contributed by atoms with E-state index in [1.54, 1.807) is 25.2 Å². The van der Waals surface area contributed by atoms with Crippen molar-refractivity contribution in [3.8, 4) is 11.4 Å². The number of anilines is 2. The first kappa shape index (κ1) is 20.3. The van der Waals surface area contributed by atoms with Gasteiger partial charge in [0.1, 0.15) is 6.54 Å². The number of amides is 1. The van der Waals surface area contributed by atoms with E-state index >= 15 is 0 Å². The molecule has 8 nitrogen and oxygen atoms in total. The summed E-state index contributed by atoms with van der Waals surface area (Å²) in [6, 6.07) is 10.8. The van der Waals surface area contributed by atoms with Gasteiger partial charge in [-0.1, -0.05) is 12.1 Å². The van der Waals surface area contributed by atoms with Crippen LogP contribution in [0.4, 0.5) is 29.2 Å². The summed E-state index contributed by atoms with van der Waals surface area (Å²) in [5, 5.41) is 15.6. The Labute approximate surface area is 172 Å². The lowest BCUT2D eigenvalue weighted by Gasteiger charge is -2.08. The SMILES string of the molecule is Cn1nc(-c2ccc(C(=O)NCC(F)(F)F)cc2)nc1Nc1ccc2[nH]nc(F)c2c1. The average Bonchev–Trinajstić information content (AvgIpc) is 3.28. The maximum absolute atomic E-state index is 13.7. The lowest BCUT2D eigenvalue weighted by Crippen LogP contribution is -2.33. The first-order valence-corrected chi connectivity index (χ1v) is 8.97. The normalized spacial score (nSPS) is 11.6. The summed E-state index contributed by atoms with van der Waals surface area (Å²) in [6.07, 6.45) is -4.48. The maximum atomic E-state index is 13.7. The lowest BCUT2D eigenvalue weighted by atomic mass is 10.1. The van der Waals surface area contributed by atoms with Crippen molar-refractivity contribution in [2.45, 2.75) is 6.18 Å². The van der Waals surface area contributed by atoms with Crippen molar-refractivity contribution >= 4 is 28.4 Å². The van der Waals surface area contributed by atoms with E-state index in [2.05, 4.69) is 25.6 Å². The van der Waals surface area contributed by atoms with Crippen molar-refractivity contribution in [3.63, 3.8) is 0 Å². The Balaban J connectivity index is 1.50. The molecule has 0 fully saturated rings. The molecule has 160 valence electrons. The molecular weight excluding hydrogens is 418 g/mol. The molecule has 3 N–H and O–H groups in total. The quantitative estimate of drug-likeness (QED) is 0.418. The number of rotatable bonds is 5. The Kier molecular flexibility index (Phi) is 5.05. The predicted molar refractivity (Wildman–Crippen MR) is 104 cm³/mol. The van der Waals surface area contributed by atoms with Gasteiger partial charge in [0.15, 0.2) is 5.82 Å². The fourth-order valence-corrected chi connectivity index (χ4v) is 2.86. The van der Waals surface area contributed by atoms with Crippen molar-refractivity contribution in [2.75, 3.05) is 11.9 Å². The Bertz CT molecular complexity index is 1240. The number of nitrogens with one attached hydrogen (secondary N) is 3. The number of aromatic nitrogens is 5. The van der Waals surface area contributed by atoms with Crippen LogP contribution < -0.4 is 10.6 Å². The van der Waals surface area contributed by atoms with E-state index in [4.69, 9.17) is 0 Å². The van der Waals surface area contributed by atoms with E-state index in [0.29, 0.717) is 33.9 Å². The number of carbonyl (C=O) groups is 1. The molecule has 0 spiro atoms. The van der Waals surface area contributed by atoms with Crippen molar-refractivity contribution in [1.82, 2.24) is 30.3 Å². The summed E-state index contributed by atoms with van der Waals surface area (Å²) in [4.78, 5) is 16.2. The molecule has 31 heavy (non-hydrogen) atoms. The average molecular weight is 433 g/mol. The van der Waals surface area contributed by atoms with Crippen LogP contribution in [0.15, 0.2) is 42.5 Å². The molecule has 0 radical (unpaired) electrons. The molecule has 2 heterocycles. The van der Waals surface area contributed by atoms with E-state index in [1.807, 2.05) is 5.32 Å². The number of halogens is 4. The Morgan fingerprint density at radius 1 is 1.16 bits per heavy atom. The van der Waals surface area contributed by atoms with Crippen LogP contribution in [0.1, 0.15) is 10.4 Å². The molecular formula is C19H15F4N7O. The number of fused-ring (bicyclic) bond motifs is 1. The molecule has 0 atom stereocenters. The second-order valence-corrected chi connectivity index (χ2v) is 6.66. The molecule has 0 unspecified atom stereocenters. The van der Waals surface area contributed by atoms with Crippen LogP contribution in [-0.4, -0.2) is 43.6 Å². The van der Waals surface area contributed by atoms with Gasteiger partial charge in [-0.2, -0.15) is 22.5 Å². The molecule has 0 bridgehead atoms. The predicted octanol–water partition coefficient (Wildman–Crippen LogP) is 3.53. The fraction of sp³-hybridized carbons (Fsp3) is 0.158. The second-order valence-electron chi connectivity index (χ2n) is 6.66. The number of carbonyl (C=O) groups excluding carboxylic acids is 1. The molecule has 2 aromatic carbocycles. The summed E-state index contributed by atoms with van der Waals surface area (Å²) >= 11 is 0.